The van der Waals surface area contributed by atoms with Gasteiger partial charge in [0.2, 0.25) is 5.92 Å². The number of pyridine rings is 1. The topological polar surface area (TPSA) is 56.6 Å². The number of hydrogen-bond donors (Lipinski definition) is 2. The molecule has 1 aromatic heterocycles. The average Bonchev–Trinajstić information content (AvgIpc) is 2.58. The molecule has 0 radical (unpaired) electrons. The Morgan fingerprint density at radius 3 is 2.41 bits per heavy atom. The molecule has 10 heteroatoms. The van der Waals surface area contributed by atoms with Crippen molar-refractivity contribution in [1.82, 2.24) is 4.98 Å². The summed E-state index contributed by atoms with van der Waals surface area (Å²) in [6.07, 6.45) is -5.51. The van der Waals surface area contributed by atoms with Crippen LogP contribution in [0.25, 0.3) is 0 Å². The Morgan fingerprint density at radius 2 is 1.82 bits per heavy atom. The predicted octanol–water partition coefficient (Wildman–Crippen LogP) is 1.41. The maximum absolute atomic E-state index is 13.4. The van der Waals surface area contributed by atoms with E-state index in [0.717, 1.165) is 6.07 Å². The highest BCUT2D eigenvalue weighted by atomic mass is 19.4. The highest BCUT2D eigenvalue weighted by Gasteiger charge is 2.36. The number of rotatable bonds is 2. The number of anilines is 1. The van der Waals surface area contributed by atoms with Crippen LogP contribution in [0, 0.1) is 0 Å². The minimum absolute atomic E-state index is 0.0730. The van der Waals surface area contributed by atoms with Gasteiger partial charge in [-0.1, -0.05) is 6.07 Å². The number of halogens is 5. The van der Waals surface area contributed by atoms with Crippen LogP contribution in [-0.2, 0) is 6.18 Å². The molecule has 4 nitrogen and oxygen atoms in total. The van der Waals surface area contributed by atoms with Crippen LogP contribution in [0.3, 0.4) is 0 Å². The maximum atomic E-state index is 13.4. The van der Waals surface area contributed by atoms with Crippen LogP contribution in [0.5, 0.6) is 0 Å². The monoisotopic (exact) mass is 324 g/mol. The minimum Gasteiger partial charge on any atom is -0.423 e. The van der Waals surface area contributed by atoms with Gasteiger partial charge in [-0.15, -0.1) is 0 Å². The molecule has 22 heavy (non-hydrogen) atoms. The van der Waals surface area contributed by atoms with Gasteiger partial charge in [0.05, 0.1) is 0 Å². The van der Waals surface area contributed by atoms with Gasteiger partial charge < -0.3 is 14.9 Å². The van der Waals surface area contributed by atoms with Gasteiger partial charge in [-0.2, -0.15) is 13.2 Å². The van der Waals surface area contributed by atoms with Crippen LogP contribution in [-0.4, -0.2) is 41.2 Å². The first kappa shape index (κ1) is 16.9. The number of nitrogens with zero attached hydrogens (tertiary/aromatic N) is 2. The second kappa shape index (κ2) is 6.00. The number of hydrogen-bond acceptors (Lipinski definition) is 4. The summed E-state index contributed by atoms with van der Waals surface area (Å²) in [6.45, 7) is -0.134. The molecule has 0 bridgehead atoms. The van der Waals surface area contributed by atoms with Crippen molar-refractivity contribution in [2.75, 3.05) is 18.0 Å². The largest absolute Gasteiger partial charge is 0.492 e. The first-order valence-electron chi connectivity index (χ1n) is 6.67. The summed E-state index contributed by atoms with van der Waals surface area (Å²) in [7, 11) is -2.03. The van der Waals surface area contributed by atoms with Crippen LogP contribution in [0.15, 0.2) is 12.1 Å². The lowest BCUT2D eigenvalue weighted by Gasteiger charge is -2.25. The van der Waals surface area contributed by atoms with Crippen LogP contribution >= 0.6 is 0 Å². The van der Waals surface area contributed by atoms with Crippen molar-refractivity contribution < 1.29 is 32.0 Å². The molecule has 1 aliphatic heterocycles. The van der Waals surface area contributed by atoms with E-state index in [-0.39, 0.29) is 37.2 Å². The molecule has 122 valence electrons. The van der Waals surface area contributed by atoms with E-state index >= 15 is 0 Å². The fourth-order valence-corrected chi connectivity index (χ4v) is 2.35. The zero-order valence-corrected chi connectivity index (χ0v) is 11.4. The Hall–Kier alpha value is -1.42. The van der Waals surface area contributed by atoms with Gasteiger partial charge in [0.25, 0.3) is 0 Å². The molecule has 1 aliphatic rings. The van der Waals surface area contributed by atoms with Crippen molar-refractivity contribution in [3.05, 3.63) is 17.8 Å². The van der Waals surface area contributed by atoms with Crippen LogP contribution in [0.1, 0.15) is 25.0 Å². The first-order valence-corrected chi connectivity index (χ1v) is 6.67. The van der Waals surface area contributed by atoms with Gasteiger partial charge in [0, 0.05) is 31.4 Å². The molecule has 1 aromatic rings. The Kier molecular flexibility index (Phi) is 4.62. The molecule has 0 amide bonds. The summed E-state index contributed by atoms with van der Waals surface area (Å²) in [5.74, 6) is -3.20. The van der Waals surface area contributed by atoms with E-state index in [1.54, 1.807) is 0 Å². The third-order valence-electron chi connectivity index (χ3n) is 3.49. The molecule has 0 atom stereocenters. The van der Waals surface area contributed by atoms with Crippen LogP contribution < -0.4 is 10.4 Å². The molecule has 2 heterocycles. The van der Waals surface area contributed by atoms with E-state index in [1.807, 2.05) is 0 Å². The molecule has 0 unspecified atom stereocenters. The van der Waals surface area contributed by atoms with Gasteiger partial charge >= 0.3 is 13.3 Å². The summed E-state index contributed by atoms with van der Waals surface area (Å²) in [6, 6.07) is 1.53. The molecule has 0 saturated carbocycles. The van der Waals surface area contributed by atoms with Crippen LogP contribution in [0.4, 0.5) is 27.8 Å². The number of alkyl halides is 5. The molecular weight excluding hydrogens is 310 g/mol. The fourth-order valence-electron chi connectivity index (χ4n) is 2.35. The Balaban J connectivity index is 2.38. The van der Waals surface area contributed by atoms with Crippen LogP contribution in [0.2, 0.25) is 0 Å². The summed E-state index contributed by atoms with van der Waals surface area (Å²) >= 11 is 0. The van der Waals surface area contributed by atoms with Crippen molar-refractivity contribution in [2.24, 2.45) is 0 Å². The van der Waals surface area contributed by atoms with E-state index in [1.165, 1.54) is 4.90 Å². The zero-order valence-electron chi connectivity index (χ0n) is 11.4. The maximum Gasteiger partial charge on any atom is 0.492 e. The second-order valence-electron chi connectivity index (χ2n) is 5.18. The van der Waals surface area contributed by atoms with Gasteiger partial charge in [0.1, 0.15) is 11.5 Å². The van der Waals surface area contributed by atoms with Gasteiger partial charge in [-0.25, -0.2) is 13.8 Å². The fraction of sp³-hybridized carbons (Fsp3) is 0.583. The lowest BCUT2D eigenvalue weighted by atomic mass is 9.80. The smallest absolute Gasteiger partial charge is 0.423 e. The third kappa shape index (κ3) is 3.86. The number of aromatic nitrogens is 1. The summed E-state index contributed by atoms with van der Waals surface area (Å²) < 4.78 is 64.9. The van der Waals surface area contributed by atoms with Crippen molar-refractivity contribution in [2.45, 2.75) is 31.4 Å². The molecule has 0 aromatic carbocycles. The van der Waals surface area contributed by atoms with Gasteiger partial charge in [-0.05, 0) is 12.5 Å². The molecule has 2 rings (SSSR count). The lowest BCUT2D eigenvalue weighted by molar-refractivity contribution is -0.141. The van der Waals surface area contributed by atoms with Gasteiger partial charge in [0.15, 0.2) is 0 Å². The summed E-state index contributed by atoms with van der Waals surface area (Å²) in [5.41, 5.74) is -1.44. The van der Waals surface area contributed by atoms with Crippen molar-refractivity contribution in [3.63, 3.8) is 0 Å². The molecule has 1 fully saturated rings. The van der Waals surface area contributed by atoms with Crippen molar-refractivity contribution >= 4 is 18.4 Å². The zero-order chi connectivity index (χ0) is 16.5. The molecule has 2 N–H and O–H groups in total. The quantitative estimate of drug-likeness (QED) is 0.638. The molecule has 0 aliphatic carbocycles. The van der Waals surface area contributed by atoms with E-state index in [0.29, 0.717) is 6.07 Å². The van der Waals surface area contributed by atoms with E-state index in [2.05, 4.69) is 4.98 Å². The second-order valence-corrected chi connectivity index (χ2v) is 5.18. The normalized spacial score (nSPS) is 19.0. The van der Waals surface area contributed by atoms with Crippen molar-refractivity contribution in [3.8, 4) is 0 Å². The Morgan fingerprint density at radius 1 is 1.14 bits per heavy atom. The Labute approximate surface area is 123 Å². The third-order valence-corrected chi connectivity index (χ3v) is 3.49. The highest BCUT2D eigenvalue weighted by Crippen LogP contribution is 2.31. The Bertz CT molecular complexity index is 539. The summed E-state index contributed by atoms with van der Waals surface area (Å²) in [4.78, 5) is 4.66. The predicted molar refractivity (Wildman–Crippen MR) is 70.1 cm³/mol. The highest BCUT2D eigenvalue weighted by molar-refractivity contribution is 6.60. The first-order chi connectivity index (χ1) is 10.1. The van der Waals surface area contributed by atoms with Gasteiger partial charge in [-0.3, -0.25) is 0 Å². The standard InChI is InChI=1S/C12H14BF5N2O2/c14-11(15)4-1-6-20(7-5-11)10-8(13(21)22)2-3-9(19-10)12(16,17)18/h2-3,21-22H,1,4-7H2. The SMILES string of the molecule is OB(O)c1ccc(C(F)(F)F)nc1N1CCCC(F)(F)CC1. The van der Waals surface area contributed by atoms with Crippen molar-refractivity contribution in [1.29, 1.82) is 0 Å². The average molecular weight is 324 g/mol. The van der Waals surface area contributed by atoms with E-state index < -0.39 is 31.3 Å². The summed E-state index contributed by atoms with van der Waals surface area (Å²) in [5, 5.41) is 18.5. The lowest BCUT2D eigenvalue weighted by Crippen LogP contribution is -2.39. The minimum atomic E-state index is -4.70. The molecular formula is C12H14BF5N2O2. The van der Waals surface area contributed by atoms with E-state index in [9.17, 15) is 32.0 Å². The van der Waals surface area contributed by atoms with E-state index in [4.69, 9.17) is 0 Å². The molecule has 1 saturated heterocycles. The molecule has 0 spiro atoms.